The maximum Gasteiger partial charge on any atom is 0.270 e. The first kappa shape index (κ1) is 15.4. The molecular weight excluding hydrogens is 268 g/mol. The third kappa shape index (κ3) is 4.87. The fourth-order valence-electron chi connectivity index (χ4n) is 1.45. The summed E-state index contributed by atoms with van der Waals surface area (Å²) in [5, 5.41) is 13.4. The number of nitrogens with zero attached hydrogens (tertiary/aromatic N) is 1. The molecule has 0 aliphatic carbocycles. The number of rotatable bonds is 4. The molecule has 0 aliphatic rings. The number of carbonyl (C=O) groups excluding carboxylic acids is 1. The monoisotopic (exact) mass is 284 g/mol. The van der Waals surface area contributed by atoms with Gasteiger partial charge in [-0.15, -0.1) is 0 Å². The Hall–Kier alpha value is -1.62. The van der Waals surface area contributed by atoms with E-state index in [0.717, 1.165) is 6.42 Å². The molecule has 0 unspecified atom stereocenters. The van der Waals surface area contributed by atoms with Gasteiger partial charge >= 0.3 is 0 Å². The molecule has 1 aromatic carbocycles. The smallest absolute Gasteiger partial charge is 0.270 e. The van der Waals surface area contributed by atoms with Crippen LogP contribution >= 0.6 is 11.6 Å². The van der Waals surface area contributed by atoms with Crippen LogP contribution in [0.3, 0.4) is 0 Å². The zero-order chi connectivity index (χ0) is 14.6. The van der Waals surface area contributed by atoms with Crippen LogP contribution in [0, 0.1) is 15.5 Å². The second-order valence-corrected chi connectivity index (χ2v) is 5.90. The quantitative estimate of drug-likeness (QED) is 0.680. The number of nitro benzene ring substituents is 1. The minimum absolute atomic E-state index is 0.0856. The second-order valence-electron chi connectivity index (χ2n) is 5.49. The standard InChI is InChI=1S/C13H17ClN2O3/c1-13(2,3)6-7-15-12(17)10-5-4-9(16(18)19)8-11(10)14/h4-5,8H,6-7H2,1-3H3,(H,15,17). The maximum atomic E-state index is 11.9. The number of nitro groups is 1. The third-order valence-corrected chi connectivity index (χ3v) is 2.88. The van der Waals surface area contributed by atoms with E-state index in [2.05, 4.69) is 26.1 Å². The predicted molar refractivity (Wildman–Crippen MR) is 74.5 cm³/mol. The summed E-state index contributed by atoms with van der Waals surface area (Å²) in [5.74, 6) is -0.316. The SMILES string of the molecule is CC(C)(C)CCNC(=O)c1ccc([N+](=O)[O-])cc1Cl. The van der Waals surface area contributed by atoms with Crippen molar-refractivity contribution in [2.75, 3.05) is 6.54 Å². The lowest BCUT2D eigenvalue weighted by molar-refractivity contribution is -0.384. The number of hydrogen-bond donors (Lipinski definition) is 1. The molecule has 1 N–H and O–H groups in total. The van der Waals surface area contributed by atoms with Gasteiger partial charge in [-0.3, -0.25) is 14.9 Å². The number of nitrogens with one attached hydrogen (secondary N) is 1. The Bertz CT molecular complexity index is 495. The van der Waals surface area contributed by atoms with E-state index < -0.39 is 4.92 Å². The summed E-state index contributed by atoms with van der Waals surface area (Å²) in [5.41, 5.74) is 0.254. The van der Waals surface area contributed by atoms with Crippen LogP contribution in [0.25, 0.3) is 0 Å². The molecule has 6 heteroatoms. The molecule has 0 atom stereocenters. The molecule has 1 aromatic rings. The highest BCUT2D eigenvalue weighted by molar-refractivity contribution is 6.34. The second kappa shape index (κ2) is 6.02. The Morgan fingerprint density at radius 3 is 2.53 bits per heavy atom. The van der Waals surface area contributed by atoms with Gasteiger partial charge in [-0.05, 0) is 17.9 Å². The highest BCUT2D eigenvalue weighted by Crippen LogP contribution is 2.22. The molecule has 0 aliphatic heterocycles. The zero-order valence-electron chi connectivity index (χ0n) is 11.2. The van der Waals surface area contributed by atoms with Crippen molar-refractivity contribution in [3.63, 3.8) is 0 Å². The van der Waals surface area contributed by atoms with Crippen LogP contribution in [0.5, 0.6) is 0 Å². The van der Waals surface area contributed by atoms with Crippen LogP contribution in [0.4, 0.5) is 5.69 Å². The van der Waals surface area contributed by atoms with Crippen molar-refractivity contribution in [1.29, 1.82) is 0 Å². The first-order valence-corrected chi connectivity index (χ1v) is 6.30. The van der Waals surface area contributed by atoms with Crippen molar-refractivity contribution < 1.29 is 9.72 Å². The highest BCUT2D eigenvalue weighted by Gasteiger charge is 2.16. The van der Waals surface area contributed by atoms with E-state index in [1.165, 1.54) is 18.2 Å². The summed E-state index contributed by atoms with van der Waals surface area (Å²) in [4.78, 5) is 21.9. The van der Waals surface area contributed by atoms with Crippen molar-refractivity contribution in [3.05, 3.63) is 38.9 Å². The van der Waals surface area contributed by atoms with Crippen LogP contribution in [0.15, 0.2) is 18.2 Å². The summed E-state index contributed by atoms with van der Waals surface area (Å²) in [6.07, 6.45) is 0.837. The van der Waals surface area contributed by atoms with Gasteiger partial charge in [-0.2, -0.15) is 0 Å². The molecular formula is C13H17ClN2O3. The molecule has 1 rings (SSSR count). The summed E-state index contributed by atoms with van der Waals surface area (Å²) in [6, 6.07) is 3.82. The Kier molecular flexibility index (Phi) is 4.89. The average Bonchev–Trinajstić information content (AvgIpc) is 2.26. The molecule has 0 bridgehead atoms. The third-order valence-electron chi connectivity index (χ3n) is 2.57. The number of benzene rings is 1. The Morgan fingerprint density at radius 1 is 1.42 bits per heavy atom. The normalized spacial score (nSPS) is 11.2. The maximum absolute atomic E-state index is 11.9. The van der Waals surface area contributed by atoms with Crippen LogP contribution in [-0.4, -0.2) is 17.4 Å². The first-order valence-electron chi connectivity index (χ1n) is 5.93. The molecule has 0 saturated heterocycles. The van der Waals surface area contributed by atoms with Crippen molar-refractivity contribution in [2.45, 2.75) is 27.2 Å². The Labute approximate surface area is 117 Å². The fraction of sp³-hybridized carbons (Fsp3) is 0.462. The highest BCUT2D eigenvalue weighted by atomic mass is 35.5. The molecule has 19 heavy (non-hydrogen) atoms. The van der Waals surface area contributed by atoms with E-state index in [9.17, 15) is 14.9 Å². The largest absolute Gasteiger partial charge is 0.352 e. The lowest BCUT2D eigenvalue weighted by atomic mass is 9.92. The Balaban J connectivity index is 2.70. The van der Waals surface area contributed by atoms with Crippen molar-refractivity contribution in [1.82, 2.24) is 5.32 Å². The summed E-state index contributed by atoms with van der Waals surface area (Å²) >= 11 is 5.87. The van der Waals surface area contributed by atoms with E-state index >= 15 is 0 Å². The summed E-state index contributed by atoms with van der Waals surface area (Å²) in [6.45, 7) is 6.78. The number of hydrogen-bond acceptors (Lipinski definition) is 3. The van der Waals surface area contributed by atoms with Gasteiger partial charge in [0.2, 0.25) is 0 Å². The van der Waals surface area contributed by atoms with Gasteiger partial charge in [0.05, 0.1) is 15.5 Å². The van der Waals surface area contributed by atoms with Crippen molar-refractivity contribution >= 4 is 23.2 Å². The lowest BCUT2D eigenvalue weighted by Gasteiger charge is -2.18. The molecule has 0 aromatic heterocycles. The van der Waals surface area contributed by atoms with Gasteiger partial charge in [-0.1, -0.05) is 32.4 Å². The Morgan fingerprint density at radius 2 is 2.05 bits per heavy atom. The van der Waals surface area contributed by atoms with Gasteiger partial charge in [0, 0.05) is 18.7 Å². The number of amides is 1. The molecule has 0 spiro atoms. The molecule has 1 amide bonds. The zero-order valence-corrected chi connectivity index (χ0v) is 12.0. The van der Waals surface area contributed by atoms with E-state index in [1.807, 2.05) is 0 Å². The summed E-state index contributed by atoms with van der Waals surface area (Å²) in [7, 11) is 0. The molecule has 0 saturated carbocycles. The predicted octanol–water partition coefficient (Wildman–Crippen LogP) is 3.41. The number of carbonyl (C=O) groups is 1. The van der Waals surface area contributed by atoms with Crippen molar-refractivity contribution in [3.8, 4) is 0 Å². The minimum atomic E-state index is -0.548. The van der Waals surface area contributed by atoms with Crippen LogP contribution in [-0.2, 0) is 0 Å². The van der Waals surface area contributed by atoms with Crippen LogP contribution in [0.2, 0.25) is 5.02 Å². The summed E-state index contributed by atoms with van der Waals surface area (Å²) < 4.78 is 0. The fourth-order valence-corrected chi connectivity index (χ4v) is 1.71. The van der Waals surface area contributed by atoms with Gasteiger partial charge in [0.1, 0.15) is 0 Å². The minimum Gasteiger partial charge on any atom is -0.352 e. The molecule has 5 nitrogen and oxygen atoms in total. The topological polar surface area (TPSA) is 72.2 Å². The van der Waals surface area contributed by atoms with E-state index in [0.29, 0.717) is 6.54 Å². The van der Waals surface area contributed by atoms with E-state index in [1.54, 1.807) is 0 Å². The van der Waals surface area contributed by atoms with Crippen LogP contribution in [0.1, 0.15) is 37.6 Å². The lowest BCUT2D eigenvalue weighted by Crippen LogP contribution is -2.27. The molecule has 0 radical (unpaired) electrons. The molecule has 0 heterocycles. The van der Waals surface area contributed by atoms with E-state index in [-0.39, 0.29) is 27.6 Å². The van der Waals surface area contributed by atoms with Crippen LogP contribution < -0.4 is 5.32 Å². The average molecular weight is 285 g/mol. The van der Waals surface area contributed by atoms with Gasteiger partial charge in [0.25, 0.3) is 11.6 Å². The van der Waals surface area contributed by atoms with Gasteiger partial charge in [-0.25, -0.2) is 0 Å². The first-order chi connectivity index (χ1) is 8.70. The van der Waals surface area contributed by atoms with Crippen molar-refractivity contribution in [2.24, 2.45) is 5.41 Å². The molecule has 0 fully saturated rings. The van der Waals surface area contributed by atoms with Gasteiger partial charge in [0.15, 0.2) is 0 Å². The van der Waals surface area contributed by atoms with E-state index in [4.69, 9.17) is 11.6 Å². The van der Waals surface area contributed by atoms with Gasteiger partial charge < -0.3 is 5.32 Å². The molecule has 104 valence electrons. The number of halogens is 1. The number of non-ortho nitro benzene ring substituents is 1.